The van der Waals surface area contributed by atoms with Gasteiger partial charge >= 0.3 is 0 Å². The summed E-state index contributed by atoms with van der Waals surface area (Å²) in [4.78, 5) is 4.60. The van der Waals surface area contributed by atoms with Crippen molar-refractivity contribution >= 4 is 17.1 Å². The zero-order valence-electron chi connectivity index (χ0n) is 12.0. The van der Waals surface area contributed by atoms with Crippen LogP contribution in [0.15, 0.2) is 23.2 Å². The summed E-state index contributed by atoms with van der Waals surface area (Å²) in [5, 5.41) is 4.04. The van der Waals surface area contributed by atoms with Crippen molar-refractivity contribution in [3.05, 3.63) is 36.0 Å². The van der Waals surface area contributed by atoms with Gasteiger partial charge < -0.3 is 13.8 Å². The predicted octanol–water partition coefficient (Wildman–Crippen LogP) is 3.34. The van der Waals surface area contributed by atoms with E-state index >= 15 is 0 Å². The topological polar surface area (TPSA) is 53.1 Å². The van der Waals surface area contributed by atoms with Crippen molar-refractivity contribution in [1.29, 1.82) is 0 Å². The fourth-order valence-corrected chi connectivity index (χ4v) is 3.04. The van der Waals surface area contributed by atoms with Crippen molar-refractivity contribution in [1.82, 2.24) is 14.7 Å². The Hall–Kier alpha value is -2.56. The molecule has 3 heterocycles. The number of aryl methyl sites for hydroxylation is 2. The molecule has 0 fully saturated rings. The lowest BCUT2D eigenvalue weighted by molar-refractivity contribution is 0.287. The minimum atomic E-state index is 0.625. The number of imidazole rings is 1. The van der Waals surface area contributed by atoms with Crippen molar-refractivity contribution in [3.63, 3.8) is 0 Å². The maximum absolute atomic E-state index is 5.95. The smallest absolute Gasteiger partial charge is 0.153 e. The van der Waals surface area contributed by atoms with E-state index < -0.39 is 0 Å². The summed E-state index contributed by atoms with van der Waals surface area (Å²) in [6.07, 6.45) is 1.78. The highest BCUT2D eigenvalue weighted by Gasteiger charge is 2.24. The molecular formula is C16H15N3O2. The van der Waals surface area contributed by atoms with E-state index in [1.807, 2.05) is 26.0 Å². The van der Waals surface area contributed by atoms with Gasteiger partial charge in [0, 0.05) is 5.56 Å². The normalized spacial score (nSPS) is 13.4. The lowest BCUT2D eigenvalue weighted by Gasteiger charge is -2.20. The number of aromatic nitrogens is 3. The number of hydrogen-bond donors (Lipinski definition) is 0. The SMILES string of the molecule is C=Cc1nc2ccc(-c3c(C)noc3C)c3c2n1CCO3. The van der Waals surface area contributed by atoms with Crippen LogP contribution in [0.2, 0.25) is 0 Å². The van der Waals surface area contributed by atoms with Gasteiger partial charge in [-0.3, -0.25) is 0 Å². The summed E-state index contributed by atoms with van der Waals surface area (Å²) in [6, 6.07) is 4.04. The van der Waals surface area contributed by atoms with Crippen LogP contribution in [-0.4, -0.2) is 21.3 Å². The average molecular weight is 281 g/mol. The van der Waals surface area contributed by atoms with E-state index in [0.717, 1.165) is 51.7 Å². The van der Waals surface area contributed by atoms with Crippen molar-refractivity contribution in [2.24, 2.45) is 0 Å². The van der Waals surface area contributed by atoms with Crippen LogP contribution in [0.25, 0.3) is 28.2 Å². The summed E-state index contributed by atoms with van der Waals surface area (Å²) < 4.78 is 13.4. The molecule has 106 valence electrons. The third kappa shape index (κ3) is 1.57. The third-order valence-electron chi connectivity index (χ3n) is 3.94. The molecule has 0 aliphatic carbocycles. The van der Waals surface area contributed by atoms with Gasteiger partial charge in [0.15, 0.2) is 5.75 Å². The van der Waals surface area contributed by atoms with Gasteiger partial charge in [-0.15, -0.1) is 0 Å². The Bertz CT molecular complexity index is 854. The molecule has 4 rings (SSSR count). The fraction of sp³-hybridized carbons (Fsp3) is 0.250. The lowest BCUT2D eigenvalue weighted by atomic mass is 10.0. The predicted molar refractivity (Wildman–Crippen MR) is 80.3 cm³/mol. The van der Waals surface area contributed by atoms with Gasteiger partial charge in [-0.25, -0.2) is 4.98 Å². The molecule has 1 aliphatic rings. The minimum Gasteiger partial charge on any atom is -0.489 e. The zero-order valence-corrected chi connectivity index (χ0v) is 12.0. The summed E-state index contributed by atoms with van der Waals surface area (Å²) in [6.45, 7) is 9.11. The summed E-state index contributed by atoms with van der Waals surface area (Å²) in [5.74, 6) is 2.53. The Morgan fingerprint density at radius 3 is 2.90 bits per heavy atom. The standard InChI is InChI=1S/C16H15N3O2/c1-4-13-17-12-6-5-11(14-9(2)18-21-10(14)3)16-15(12)19(13)7-8-20-16/h4-6H,1,7-8H2,2-3H3. The minimum absolute atomic E-state index is 0.625. The maximum Gasteiger partial charge on any atom is 0.153 e. The van der Waals surface area contributed by atoms with Crippen LogP contribution < -0.4 is 4.74 Å². The molecule has 0 bridgehead atoms. The first-order valence-electron chi connectivity index (χ1n) is 6.92. The maximum atomic E-state index is 5.95. The molecule has 1 aromatic carbocycles. The van der Waals surface area contributed by atoms with E-state index in [2.05, 4.69) is 21.3 Å². The van der Waals surface area contributed by atoms with Gasteiger partial charge in [0.1, 0.15) is 23.7 Å². The van der Waals surface area contributed by atoms with E-state index in [1.54, 1.807) is 6.08 Å². The summed E-state index contributed by atoms with van der Waals surface area (Å²) >= 11 is 0. The molecule has 0 atom stereocenters. The Morgan fingerprint density at radius 2 is 2.19 bits per heavy atom. The molecule has 2 aromatic heterocycles. The van der Waals surface area contributed by atoms with Crippen LogP contribution in [-0.2, 0) is 6.54 Å². The van der Waals surface area contributed by atoms with Crippen LogP contribution in [0.1, 0.15) is 17.3 Å². The molecule has 0 saturated carbocycles. The largest absolute Gasteiger partial charge is 0.489 e. The Labute approximate surface area is 121 Å². The first-order chi connectivity index (χ1) is 10.2. The van der Waals surface area contributed by atoms with Crippen molar-refractivity contribution in [3.8, 4) is 16.9 Å². The van der Waals surface area contributed by atoms with Crippen molar-refractivity contribution in [2.45, 2.75) is 20.4 Å². The van der Waals surface area contributed by atoms with Gasteiger partial charge in [-0.2, -0.15) is 0 Å². The quantitative estimate of drug-likeness (QED) is 0.723. The molecule has 5 nitrogen and oxygen atoms in total. The van der Waals surface area contributed by atoms with Gasteiger partial charge in [0.2, 0.25) is 0 Å². The number of ether oxygens (including phenoxy) is 1. The summed E-state index contributed by atoms with van der Waals surface area (Å²) in [5.41, 5.74) is 4.83. The van der Waals surface area contributed by atoms with Crippen molar-refractivity contribution in [2.75, 3.05) is 6.61 Å². The van der Waals surface area contributed by atoms with Crippen LogP contribution in [0.4, 0.5) is 0 Å². The monoisotopic (exact) mass is 281 g/mol. The highest BCUT2D eigenvalue weighted by Crippen LogP contribution is 2.41. The molecule has 0 amide bonds. The Morgan fingerprint density at radius 1 is 1.33 bits per heavy atom. The average Bonchev–Trinajstić information content (AvgIpc) is 3.03. The van der Waals surface area contributed by atoms with E-state index in [9.17, 15) is 0 Å². The van der Waals surface area contributed by atoms with E-state index in [1.165, 1.54) is 0 Å². The molecular weight excluding hydrogens is 266 g/mol. The van der Waals surface area contributed by atoms with Crippen LogP contribution >= 0.6 is 0 Å². The number of rotatable bonds is 2. The van der Waals surface area contributed by atoms with Crippen molar-refractivity contribution < 1.29 is 9.26 Å². The molecule has 0 saturated heterocycles. The zero-order chi connectivity index (χ0) is 14.6. The van der Waals surface area contributed by atoms with E-state index in [0.29, 0.717) is 6.61 Å². The van der Waals surface area contributed by atoms with E-state index in [-0.39, 0.29) is 0 Å². The van der Waals surface area contributed by atoms with E-state index in [4.69, 9.17) is 9.26 Å². The first-order valence-corrected chi connectivity index (χ1v) is 6.92. The second kappa shape index (κ2) is 4.22. The number of benzene rings is 1. The Kier molecular flexibility index (Phi) is 2.45. The summed E-state index contributed by atoms with van der Waals surface area (Å²) in [7, 11) is 0. The van der Waals surface area contributed by atoms with Crippen LogP contribution in [0, 0.1) is 13.8 Å². The third-order valence-corrected chi connectivity index (χ3v) is 3.94. The highest BCUT2D eigenvalue weighted by atomic mass is 16.5. The van der Waals surface area contributed by atoms with Gasteiger partial charge in [0.05, 0.1) is 23.3 Å². The number of hydrogen-bond acceptors (Lipinski definition) is 4. The van der Waals surface area contributed by atoms with Crippen LogP contribution in [0.3, 0.4) is 0 Å². The number of nitrogens with zero attached hydrogens (tertiary/aromatic N) is 3. The Balaban J connectivity index is 2.09. The van der Waals surface area contributed by atoms with Gasteiger partial charge in [-0.1, -0.05) is 11.7 Å². The lowest BCUT2D eigenvalue weighted by Crippen LogP contribution is -2.15. The fourth-order valence-electron chi connectivity index (χ4n) is 3.04. The molecule has 0 unspecified atom stereocenters. The molecule has 0 radical (unpaired) electrons. The van der Waals surface area contributed by atoms with Crippen LogP contribution in [0.5, 0.6) is 5.75 Å². The molecule has 1 aliphatic heterocycles. The molecule has 3 aromatic rings. The molecule has 21 heavy (non-hydrogen) atoms. The van der Waals surface area contributed by atoms with Gasteiger partial charge in [-0.05, 0) is 32.1 Å². The second-order valence-corrected chi connectivity index (χ2v) is 5.18. The highest BCUT2D eigenvalue weighted by molar-refractivity contribution is 5.93. The molecule has 5 heteroatoms. The molecule has 0 spiro atoms. The van der Waals surface area contributed by atoms with Gasteiger partial charge in [0.25, 0.3) is 0 Å². The first kappa shape index (κ1) is 12.2. The second-order valence-electron chi connectivity index (χ2n) is 5.18. The molecule has 0 N–H and O–H groups in total.